The fourth-order valence-electron chi connectivity index (χ4n) is 2.94. The molecular weight excluding hydrogens is 264 g/mol. The standard InChI is InChI=1S/C17H22N2S/c1-13-3-2-4-15(8-5-13)19-16-9-6-14(7-10-16)17-18-11-12-20-17/h6-7,9-13,15,19H,2-5,8H2,1H3. The number of hydrogen-bond donors (Lipinski definition) is 1. The molecule has 1 fully saturated rings. The highest BCUT2D eigenvalue weighted by Crippen LogP contribution is 2.27. The summed E-state index contributed by atoms with van der Waals surface area (Å²) in [4.78, 5) is 4.35. The molecule has 2 unspecified atom stereocenters. The summed E-state index contributed by atoms with van der Waals surface area (Å²) < 4.78 is 0. The summed E-state index contributed by atoms with van der Waals surface area (Å²) >= 11 is 1.69. The van der Waals surface area contributed by atoms with Crippen molar-refractivity contribution in [2.24, 2.45) is 5.92 Å². The third kappa shape index (κ3) is 3.40. The van der Waals surface area contributed by atoms with Gasteiger partial charge in [-0.1, -0.05) is 19.8 Å². The highest BCUT2D eigenvalue weighted by atomic mass is 32.1. The average molecular weight is 286 g/mol. The van der Waals surface area contributed by atoms with Gasteiger partial charge in [-0.05, 0) is 49.4 Å². The van der Waals surface area contributed by atoms with E-state index in [0.717, 1.165) is 10.9 Å². The molecule has 0 amide bonds. The number of aromatic nitrogens is 1. The Hall–Kier alpha value is -1.35. The molecule has 3 rings (SSSR count). The Labute approximate surface area is 125 Å². The summed E-state index contributed by atoms with van der Waals surface area (Å²) in [5.74, 6) is 0.897. The van der Waals surface area contributed by atoms with Crippen molar-refractivity contribution in [1.82, 2.24) is 4.98 Å². The summed E-state index contributed by atoms with van der Waals surface area (Å²) in [5.41, 5.74) is 2.45. The predicted octanol–water partition coefficient (Wildman–Crippen LogP) is 5.19. The lowest BCUT2D eigenvalue weighted by molar-refractivity contribution is 0.502. The van der Waals surface area contributed by atoms with Crippen LogP contribution in [0.15, 0.2) is 35.8 Å². The lowest BCUT2D eigenvalue weighted by Crippen LogP contribution is -2.18. The maximum absolute atomic E-state index is 4.35. The zero-order valence-electron chi connectivity index (χ0n) is 12.0. The van der Waals surface area contributed by atoms with Crippen molar-refractivity contribution < 1.29 is 0 Å². The van der Waals surface area contributed by atoms with E-state index in [2.05, 4.69) is 41.5 Å². The van der Waals surface area contributed by atoms with Crippen LogP contribution in [0.3, 0.4) is 0 Å². The van der Waals surface area contributed by atoms with Crippen LogP contribution in [0.2, 0.25) is 0 Å². The molecule has 106 valence electrons. The number of nitrogens with zero attached hydrogens (tertiary/aromatic N) is 1. The Morgan fingerprint density at radius 3 is 2.70 bits per heavy atom. The van der Waals surface area contributed by atoms with Crippen molar-refractivity contribution in [2.45, 2.75) is 45.1 Å². The number of thiazole rings is 1. The first-order valence-electron chi connectivity index (χ1n) is 7.58. The van der Waals surface area contributed by atoms with Gasteiger partial charge in [-0.15, -0.1) is 11.3 Å². The van der Waals surface area contributed by atoms with Gasteiger partial charge in [0.2, 0.25) is 0 Å². The Morgan fingerprint density at radius 2 is 1.95 bits per heavy atom. The van der Waals surface area contributed by atoms with E-state index in [1.54, 1.807) is 11.3 Å². The third-order valence-electron chi connectivity index (χ3n) is 4.19. The van der Waals surface area contributed by atoms with Crippen LogP contribution in [-0.4, -0.2) is 11.0 Å². The second-order valence-corrected chi connectivity index (χ2v) is 6.76. The van der Waals surface area contributed by atoms with E-state index in [1.165, 1.54) is 43.4 Å². The number of nitrogens with one attached hydrogen (secondary N) is 1. The van der Waals surface area contributed by atoms with Crippen LogP contribution >= 0.6 is 11.3 Å². The minimum Gasteiger partial charge on any atom is -0.382 e. The molecule has 1 aromatic carbocycles. The molecule has 1 N–H and O–H groups in total. The van der Waals surface area contributed by atoms with Crippen LogP contribution in [0.5, 0.6) is 0 Å². The van der Waals surface area contributed by atoms with Crippen molar-refractivity contribution in [3.63, 3.8) is 0 Å². The largest absolute Gasteiger partial charge is 0.382 e. The Morgan fingerprint density at radius 1 is 1.10 bits per heavy atom. The maximum Gasteiger partial charge on any atom is 0.123 e. The number of hydrogen-bond acceptors (Lipinski definition) is 3. The third-order valence-corrected chi connectivity index (χ3v) is 5.01. The second-order valence-electron chi connectivity index (χ2n) is 5.87. The van der Waals surface area contributed by atoms with Crippen molar-refractivity contribution >= 4 is 17.0 Å². The normalized spacial score (nSPS) is 23.2. The van der Waals surface area contributed by atoms with Gasteiger partial charge in [0.15, 0.2) is 0 Å². The van der Waals surface area contributed by atoms with Crippen molar-refractivity contribution in [3.8, 4) is 10.6 Å². The van der Waals surface area contributed by atoms with Gasteiger partial charge in [-0.3, -0.25) is 0 Å². The molecule has 0 spiro atoms. The topological polar surface area (TPSA) is 24.9 Å². The molecular formula is C17H22N2S. The van der Waals surface area contributed by atoms with E-state index in [-0.39, 0.29) is 0 Å². The minimum absolute atomic E-state index is 0.644. The molecule has 0 radical (unpaired) electrons. The van der Waals surface area contributed by atoms with Gasteiger partial charge in [0.1, 0.15) is 5.01 Å². The summed E-state index contributed by atoms with van der Waals surface area (Å²) in [6.07, 6.45) is 8.57. The minimum atomic E-state index is 0.644. The highest BCUT2D eigenvalue weighted by Gasteiger charge is 2.15. The SMILES string of the molecule is CC1CCCC(Nc2ccc(-c3nccs3)cc2)CC1. The van der Waals surface area contributed by atoms with Crippen LogP contribution in [-0.2, 0) is 0 Å². The first kappa shape index (κ1) is 13.6. The van der Waals surface area contributed by atoms with Gasteiger partial charge in [-0.25, -0.2) is 4.98 Å². The van der Waals surface area contributed by atoms with Crippen LogP contribution in [0.4, 0.5) is 5.69 Å². The molecule has 2 nitrogen and oxygen atoms in total. The Bertz CT molecular complexity index is 518. The lowest BCUT2D eigenvalue weighted by atomic mass is 10.0. The smallest absolute Gasteiger partial charge is 0.123 e. The molecule has 20 heavy (non-hydrogen) atoms. The molecule has 0 bridgehead atoms. The van der Waals surface area contributed by atoms with E-state index in [9.17, 15) is 0 Å². The fraction of sp³-hybridized carbons (Fsp3) is 0.471. The van der Waals surface area contributed by atoms with Crippen LogP contribution < -0.4 is 5.32 Å². The molecule has 1 heterocycles. The fourth-order valence-corrected chi connectivity index (χ4v) is 3.59. The van der Waals surface area contributed by atoms with Gasteiger partial charge < -0.3 is 5.32 Å². The van der Waals surface area contributed by atoms with E-state index >= 15 is 0 Å². The van der Waals surface area contributed by atoms with Gasteiger partial charge in [0.25, 0.3) is 0 Å². The quantitative estimate of drug-likeness (QED) is 0.785. The summed E-state index contributed by atoms with van der Waals surface area (Å²) in [7, 11) is 0. The summed E-state index contributed by atoms with van der Waals surface area (Å²) in [5, 5.41) is 6.82. The van der Waals surface area contributed by atoms with Crippen molar-refractivity contribution in [1.29, 1.82) is 0 Å². The maximum atomic E-state index is 4.35. The van der Waals surface area contributed by atoms with Gasteiger partial charge in [-0.2, -0.15) is 0 Å². The highest BCUT2D eigenvalue weighted by molar-refractivity contribution is 7.13. The van der Waals surface area contributed by atoms with E-state index in [1.807, 2.05) is 11.6 Å². The second kappa shape index (κ2) is 6.40. The zero-order chi connectivity index (χ0) is 13.8. The monoisotopic (exact) mass is 286 g/mol. The lowest BCUT2D eigenvalue weighted by Gasteiger charge is -2.18. The molecule has 0 aliphatic heterocycles. The molecule has 1 aliphatic carbocycles. The first-order chi connectivity index (χ1) is 9.81. The molecule has 3 heteroatoms. The Balaban J connectivity index is 1.63. The molecule has 1 aliphatic rings. The van der Waals surface area contributed by atoms with E-state index < -0.39 is 0 Å². The number of anilines is 1. The van der Waals surface area contributed by atoms with Gasteiger partial charge in [0.05, 0.1) is 0 Å². The first-order valence-corrected chi connectivity index (χ1v) is 8.46. The molecule has 1 saturated carbocycles. The molecule has 0 saturated heterocycles. The predicted molar refractivity (Wildman–Crippen MR) is 87.2 cm³/mol. The van der Waals surface area contributed by atoms with Crippen LogP contribution in [0, 0.1) is 5.92 Å². The molecule has 2 aromatic rings. The van der Waals surface area contributed by atoms with E-state index in [4.69, 9.17) is 0 Å². The number of rotatable bonds is 3. The van der Waals surface area contributed by atoms with Crippen molar-refractivity contribution in [3.05, 3.63) is 35.8 Å². The van der Waals surface area contributed by atoms with Gasteiger partial charge in [0, 0.05) is 28.9 Å². The van der Waals surface area contributed by atoms with Crippen LogP contribution in [0.1, 0.15) is 39.0 Å². The summed E-state index contributed by atoms with van der Waals surface area (Å²) in [6.45, 7) is 2.38. The average Bonchev–Trinajstić information content (AvgIpc) is 2.92. The number of benzene rings is 1. The van der Waals surface area contributed by atoms with E-state index in [0.29, 0.717) is 6.04 Å². The van der Waals surface area contributed by atoms with Gasteiger partial charge >= 0.3 is 0 Å². The Kier molecular flexibility index (Phi) is 4.36. The van der Waals surface area contributed by atoms with Crippen LogP contribution in [0.25, 0.3) is 10.6 Å². The molecule has 1 aromatic heterocycles. The van der Waals surface area contributed by atoms with Crippen molar-refractivity contribution in [2.75, 3.05) is 5.32 Å². The zero-order valence-corrected chi connectivity index (χ0v) is 12.8. The summed E-state index contributed by atoms with van der Waals surface area (Å²) in [6, 6.07) is 9.35. The molecule has 2 atom stereocenters.